The predicted molar refractivity (Wildman–Crippen MR) is 93.3 cm³/mol. The van der Waals surface area contributed by atoms with Crippen molar-refractivity contribution in [3.05, 3.63) is 45.8 Å². The van der Waals surface area contributed by atoms with Crippen LogP contribution in [0.2, 0.25) is 0 Å². The molecule has 24 heavy (non-hydrogen) atoms. The van der Waals surface area contributed by atoms with E-state index in [0.717, 1.165) is 34.8 Å². The van der Waals surface area contributed by atoms with Gasteiger partial charge in [0.05, 0.1) is 5.69 Å². The van der Waals surface area contributed by atoms with Crippen molar-refractivity contribution in [1.29, 1.82) is 0 Å². The van der Waals surface area contributed by atoms with Crippen LogP contribution >= 0.6 is 0 Å². The van der Waals surface area contributed by atoms with E-state index in [0.29, 0.717) is 13.0 Å². The maximum atomic E-state index is 12.5. The van der Waals surface area contributed by atoms with Crippen molar-refractivity contribution in [2.24, 2.45) is 0 Å². The van der Waals surface area contributed by atoms with Gasteiger partial charge in [-0.1, -0.05) is 6.07 Å². The Labute approximate surface area is 143 Å². The van der Waals surface area contributed by atoms with Crippen molar-refractivity contribution in [2.75, 3.05) is 0 Å². The third kappa shape index (κ3) is 2.90. The number of amides is 1. The molecule has 1 atom stereocenters. The Bertz CT molecular complexity index is 761. The lowest BCUT2D eigenvalue weighted by Crippen LogP contribution is -2.37. The van der Waals surface area contributed by atoms with Crippen molar-refractivity contribution >= 4 is 5.91 Å². The summed E-state index contributed by atoms with van der Waals surface area (Å²) < 4.78 is 7.81. The van der Waals surface area contributed by atoms with E-state index in [2.05, 4.69) is 37.3 Å². The lowest BCUT2D eigenvalue weighted by molar-refractivity contribution is -0.127. The first-order valence-corrected chi connectivity index (χ1v) is 8.48. The number of nitrogens with one attached hydrogen (secondary N) is 1. The molecule has 1 N–H and O–H groups in total. The van der Waals surface area contributed by atoms with Crippen LogP contribution in [0, 0.1) is 27.7 Å². The number of benzene rings is 1. The zero-order chi connectivity index (χ0) is 17.4. The number of ether oxygens (including phenoxy) is 1. The summed E-state index contributed by atoms with van der Waals surface area (Å²) in [5.41, 5.74) is 6.70. The summed E-state index contributed by atoms with van der Waals surface area (Å²) in [6.45, 7) is 11.6. The monoisotopic (exact) mass is 327 g/mol. The van der Waals surface area contributed by atoms with Crippen molar-refractivity contribution in [2.45, 2.75) is 60.2 Å². The minimum absolute atomic E-state index is 0.0652. The van der Waals surface area contributed by atoms with Gasteiger partial charge in [0.25, 0.3) is 5.91 Å². The molecule has 0 unspecified atom stereocenters. The number of rotatable bonds is 4. The first-order valence-electron chi connectivity index (χ1n) is 8.48. The maximum absolute atomic E-state index is 12.5. The minimum atomic E-state index is -0.442. The van der Waals surface area contributed by atoms with Gasteiger partial charge >= 0.3 is 0 Å². The van der Waals surface area contributed by atoms with Crippen molar-refractivity contribution in [1.82, 2.24) is 15.1 Å². The zero-order valence-corrected chi connectivity index (χ0v) is 15.1. The van der Waals surface area contributed by atoms with E-state index in [1.54, 1.807) is 0 Å². The van der Waals surface area contributed by atoms with Gasteiger partial charge in [0.1, 0.15) is 5.75 Å². The topological polar surface area (TPSA) is 56.2 Å². The van der Waals surface area contributed by atoms with Crippen LogP contribution in [0.3, 0.4) is 0 Å². The molecule has 0 spiro atoms. The van der Waals surface area contributed by atoms with Crippen LogP contribution in [-0.2, 0) is 24.3 Å². The molecule has 0 fully saturated rings. The van der Waals surface area contributed by atoms with Gasteiger partial charge in [0.2, 0.25) is 0 Å². The van der Waals surface area contributed by atoms with Gasteiger partial charge in [-0.3, -0.25) is 9.48 Å². The molecular weight excluding hydrogens is 302 g/mol. The van der Waals surface area contributed by atoms with Gasteiger partial charge in [-0.15, -0.1) is 0 Å². The third-order valence-corrected chi connectivity index (χ3v) is 4.91. The molecule has 0 saturated heterocycles. The Morgan fingerprint density at radius 3 is 2.67 bits per heavy atom. The molecule has 1 aromatic carbocycles. The number of nitrogens with zero attached hydrogens (tertiary/aromatic N) is 2. The van der Waals surface area contributed by atoms with E-state index in [-0.39, 0.29) is 5.91 Å². The number of carbonyl (C=O) groups is 1. The van der Waals surface area contributed by atoms with E-state index < -0.39 is 6.10 Å². The molecule has 0 saturated carbocycles. The molecule has 1 amide bonds. The summed E-state index contributed by atoms with van der Waals surface area (Å²) in [5.74, 6) is 0.772. The van der Waals surface area contributed by atoms with E-state index in [4.69, 9.17) is 4.74 Å². The fraction of sp³-hybridized carbons (Fsp3) is 0.474. The molecule has 5 heteroatoms. The van der Waals surface area contributed by atoms with E-state index >= 15 is 0 Å². The highest BCUT2D eigenvalue weighted by atomic mass is 16.5. The fourth-order valence-corrected chi connectivity index (χ4v) is 3.25. The number of hydrogen-bond donors (Lipinski definition) is 1. The van der Waals surface area contributed by atoms with Crippen LogP contribution < -0.4 is 10.1 Å². The van der Waals surface area contributed by atoms with Crippen LogP contribution in [-0.4, -0.2) is 21.8 Å². The quantitative estimate of drug-likeness (QED) is 0.939. The summed E-state index contributed by atoms with van der Waals surface area (Å²) in [6, 6.07) is 4.15. The SMILES string of the molecule is CCn1nc(C)c(CNC(=O)[C@H]2Cc3cc(C)c(C)cc3O2)c1C. The molecule has 3 rings (SSSR count). The highest BCUT2D eigenvalue weighted by Crippen LogP contribution is 2.31. The maximum Gasteiger partial charge on any atom is 0.261 e. The number of aromatic nitrogens is 2. The molecule has 2 aromatic rings. The van der Waals surface area contributed by atoms with Gasteiger partial charge < -0.3 is 10.1 Å². The Morgan fingerprint density at radius 2 is 2.00 bits per heavy atom. The molecule has 5 nitrogen and oxygen atoms in total. The van der Waals surface area contributed by atoms with Gasteiger partial charge in [0, 0.05) is 30.8 Å². The van der Waals surface area contributed by atoms with Crippen LogP contribution in [0.4, 0.5) is 0 Å². The average Bonchev–Trinajstić information content (AvgIpc) is 3.06. The second-order valence-corrected chi connectivity index (χ2v) is 6.54. The average molecular weight is 327 g/mol. The smallest absolute Gasteiger partial charge is 0.261 e. The molecule has 2 heterocycles. The Morgan fingerprint density at radius 1 is 1.29 bits per heavy atom. The van der Waals surface area contributed by atoms with Crippen LogP contribution in [0.15, 0.2) is 12.1 Å². The van der Waals surface area contributed by atoms with Crippen molar-refractivity contribution in [3.8, 4) is 5.75 Å². The van der Waals surface area contributed by atoms with Crippen LogP contribution in [0.25, 0.3) is 0 Å². The van der Waals surface area contributed by atoms with Crippen LogP contribution in [0.5, 0.6) is 5.75 Å². The van der Waals surface area contributed by atoms with Crippen molar-refractivity contribution < 1.29 is 9.53 Å². The lowest BCUT2D eigenvalue weighted by Gasteiger charge is -2.12. The van der Waals surface area contributed by atoms with Gasteiger partial charge in [0.15, 0.2) is 6.10 Å². The highest BCUT2D eigenvalue weighted by molar-refractivity contribution is 5.82. The van der Waals surface area contributed by atoms with Crippen molar-refractivity contribution in [3.63, 3.8) is 0 Å². The first-order chi connectivity index (χ1) is 11.4. The van der Waals surface area contributed by atoms with Crippen LogP contribution in [0.1, 0.15) is 40.6 Å². The normalized spacial score (nSPS) is 16.0. The summed E-state index contributed by atoms with van der Waals surface area (Å²) in [6.07, 6.45) is 0.192. The summed E-state index contributed by atoms with van der Waals surface area (Å²) >= 11 is 0. The molecule has 0 aliphatic carbocycles. The summed E-state index contributed by atoms with van der Waals surface area (Å²) in [7, 11) is 0. The molecule has 0 bridgehead atoms. The Balaban J connectivity index is 1.66. The second-order valence-electron chi connectivity index (χ2n) is 6.54. The first kappa shape index (κ1) is 16.6. The second kappa shape index (κ2) is 6.30. The Hall–Kier alpha value is -2.30. The largest absolute Gasteiger partial charge is 0.480 e. The van der Waals surface area contributed by atoms with E-state index in [1.165, 1.54) is 11.1 Å². The van der Waals surface area contributed by atoms with E-state index in [9.17, 15) is 4.79 Å². The minimum Gasteiger partial charge on any atom is -0.480 e. The molecular formula is C19H25N3O2. The third-order valence-electron chi connectivity index (χ3n) is 4.91. The summed E-state index contributed by atoms with van der Waals surface area (Å²) in [4.78, 5) is 12.5. The number of fused-ring (bicyclic) bond motifs is 1. The van der Waals surface area contributed by atoms with Gasteiger partial charge in [-0.05, 0) is 57.4 Å². The Kier molecular flexibility index (Phi) is 4.35. The fourth-order valence-electron chi connectivity index (χ4n) is 3.25. The molecule has 128 valence electrons. The number of hydrogen-bond acceptors (Lipinski definition) is 3. The summed E-state index contributed by atoms with van der Waals surface area (Å²) in [5, 5.41) is 7.50. The number of aryl methyl sites for hydroxylation is 4. The zero-order valence-electron chi connectivity index (χ0n) is 15.1. The van der Waals surface area contributed by atoms with Gasteiger partial charge in [-0.2, -0.15) is 5.10 Å². The lowest BCUT2D eigenvalue weighted by atomic mass is 10.0. The van der Waals surface area contributed by atoms with Gasteiger partial charge in [-0.25, -0.2) is 0 Å². The predicted octanol–water partition coefficient (Wildman–Crippen LogP) is 2.76. The molecule has 0 radical (unpaired) electrons. The standard InChI is InChI=1S/C19H25N3O2/c1-6-22-14(5)16(13(4)21-22)10-20-19(23)18-9-15-7-11(2)12(3)8-17(15)24-18/h7-8,18H,6,9-10H2,1-5H3,(H,20,23)/t18-/m1/s1. The molecule has 1 aliphatic heterocycles. The molecule has 1 aliphatic rings. The highest BCUT2D eigenvalue weighted by Gasteiger charge is 2.29. The molecule has 1 aromatic heterocycles. The van der Waals surface area contributed by atoms with E-state index in [1.807, 2.05) is 24.6 Å². The number of carbonyl (C=O) groups excluding carboxylic acids is 1.